The molecule has 376 valence electrons. The predicted octanol–water partition coefficient (Wildman–Crippen LogP) is 8.89. The van der Waals surface area contributed by atoms with Crippen LogP contribution in [0.2, 0.25) is 0 Å². The van der Waals surface area contributed by atoms with Crippen LogP contribution in [-0.4, -0.2) is 91.3 Å². The molecule has 0 aliphatic carbocycles. The first-order valence-electron chi connectivity index (χ1n) is 20.4. The number of anilines is 4. The fourth-order valence-electron chi connectivity index (χ4n) is 7.19. The molecule has 0 aliphatic rings. The number of aromatic nitrogens is 3. The number of phenols is 2. The van der Waals surface area contributed by atoms with Gasteiger partial charge in [0.2, 0.25) is 11.9 Å². The average Bonchev–Trinajstić information content (AvgIpc) is 3.32. The van der Waals surface area contributed by atoms with Gasteiger partial charge >= 0.3 is 0 Å². The first kappa shape index (κ1) is 51.1. The Morgan fingerprint density at radius 2 is 1.16 bits per heavy atom. The van der Waals surface area contributed by atoms with Crippen LogP contribution in [0, 0.1) is 6.92 Å². The zero-order valence-corrected chi connectivity index (χ0v) is 40.7. The zero-order chi connectivity index (χ0) is 52.8. The summed E-state index contributed by atoms with van der Waals surface area (Å²) < 4.78 is 148. The third-order valence-corrected chi connectivity index (χ3v) is 14.0. The lowest BCUT2D eigenvalue weighted by Gasteiger charge is -2.15. The molecule has 8 N–H and O–H groups in total. The summed E-state index contributed by atoms with van der Waals surface area (Å²) in [7, 11) is -17.3. The molecule has 8 aromatic rings. The van der Waals surface area contributed by atoms with Crippen molar-refractivity contribution in [2.24, 2.45) is 20.5 Å². The molecule has 0 saturated carbocycles. The van der Waals surface area contributed by atoms with Crippen LogP contribution < -0.4 is 20.1 Å². The van der Waals surface area contributed by atoms with Gasteiger partial charge in [-0.15, -0.1) is 15.3 Å². The van der Waals surface area contributed by atoms with E-state index in [-0.39, 0.29) is 68.0 Å². The molecule has 0 saturated heterocycles. The van der Waals surface area contributed by atoms with Crippen molar-refractivity contribution in [3.8, 4) is 34.4 Å². The number of para-hydroxylation sites is 1. The molecule has 8 rings (SSSR count). The van der Waals surface area contributed by atoms with Crippen LogP contribution in [0.15, 0.2) is 149 Å². The number of hydrogen-bond donors (Lipinski definition) is 8. The fourth-order valence-corrected chi connectivity index (χ4v) is 9.55. The summed E-state index contributed by atoms with van der Waals surface area (Å²) in [5, 5.41) is 43.5. The van der Waals surface area contributed by atoms with Gasteiger partial charge in [0, 0.05) is 28.1 Å². The third kappa shape index (κ3) is 11.0. The van der Waals surface area contributed by atoms with Gasteiger partial charge in [-0.05, 0) is 96.7 Å². The van der Waals surface area contributed by atoms with E-state index in [1.54, 1.807) is 43.3 Å². The van der Waals surface area contributed by atoms with Gasteiger partial charge in [0.25, 0.3) is 40.5 Å². The normalized spacial score (nSPS) is 12.5. The largest absolute Gasteiger partial charge is 0.507 e. The number of nitrogens with zero attached hydrogens (tertiary/aromatic N) is 7. The van der Waals surface area contributed by atoms with Crippen LogP contribution in [0.25, 0.3) is 32.9 Å². The molecule has 0 amide bonds. The number of rotatable bonds is 15. The highest BCUT2D eigenvalue weighted by molar-refractivity contribution is 7.86. The van der Waals surface area contributed by atoms with Crippen LogP contribution in [0.1, 0.15) is 5.56 Å². The van der Waals surface area contributed by atoms with E-state index in [2.05, 4.69) is 46.0 Å². The molecule has 29 heteroatoms. The number of fused-ring (bicyclic) bond motifs is 2. The van der Waals surface area contributed by atoms with Crippen LogP contribution >= 0.6 is 0 Å². The van der Waals surface area contributed by atoms with E-state index < -0.39 is 88.3 Å². The molecular weight excluding hydrogens is 1040 g/mol. The minimum atomic E-state index is -5.15. The maximum absolute atomic E-state index is 12.8. The summed E-state index contributed by atoms with van der Waals surface area (Å²) in [6.45, 7) is 1.61. The highest BCUT2D eigenvalue weighted by Crippen LogP contribution is 2.45. The molecule has 1 heterocycles. The van der Waals surface area contributed by atoms with Gasteiger partial charge in [-0.1, -0.05) is 24.3 Å². The number of hydrogen-bond acceptors (Lipinski definition) is 21. The Morgan fingerprint density at radius 3 is 1.81 bits per heavy atom. The molecule has 73 heavy (non-hydrogen) atoms. The minimum Gasteiger partial charge on any atom is -0.507 e. The molecular formula is C44H35N9O16S4. The molecule has 1 aromatic heterocycles. The van der Waals surface area contributed by atoms with Crippen molar-refractivity contribution < 1.29 is 71.6 Å². The van der Waals surface area contributed by atoms with Crippen molar-refractivity contribution in [3.63, 3.8) is 0 Å². The summed E-state index contributed by atoms with van der Waals surface area (Å²) in [5.41, 5.74) is 0.135. The maximum atomic E-state index is 12.8. The van der Waals surface area contributed by atoms with Gasteiger partial charge in [0.1, 0.15) is 38.4 Å². The van der Waals surface area contributed by atoms with Crippen molar-refractivity contribution in [2.75, 3.05) is 24.9 Å². The summed E-state index contributed by atoms with van der Waals surface area (Å²) in [4.78, 5) is 10.6. The number of benzene rings is 7. The van der Waals surface area contributed by atoms with Gasteiger partial charge < -0.3 is 30.3 Å². The summed E-state index contributed by atoms with van der Waals surface area (Å²) >= 11 is 0. The molecule has 0 aliphatic heterocycles. The first-order chi connectivity index (χ1) is 34.3. The Bertz CT molecular complexity index is 4110. The Kier molecular flexibility index (Phi) is 13.6. The lowest BCUT2D eigenvalue weighted by atomic mass is 10.0. The maximum Gasteiger partial charge on any atom is 0.296 e. The molecule has 7 aromatic carbocycles. The van der Waals surface area contributed by atoms with E-state index in [0.717, 1.165) is 48.5 Å². The van der Waals surface area contributed by atoms with Crippen molar-refractivity contribution in [3.05, 3.63) is 115 Å². The zero-order valence-electron chi connectivity index (χ0n) is 37.4. The second kappa shape index (κ2) is 19.4. The molecule has 25 nitrogen and oxygen atoms in total. The lowest BCUT2D eigenvalue weighted by Crippen LogP contribution is -2.06. The first-order valence-corrected chi connectivity index (χ1v) is 26.1. The fraction of sp³-hybridized carbons (Fsp3) is 0.0682. The van der Waals surface area contributed by atoms with Gasteiger partial charge in [0.15, 0.2) is 11.6 Å². The Morgan fingerprint density at radius 1 is 0.534 bits per heavy atom. The minimum absolute atomic E-state index is 0.00499. The van der Waals surface area contributed by atoms with Crippen LogP contribution in [0.5, 0.6) is 23.0 Å². The molecule has 0 unspecified atom stereocenters. The number of phenolic OH excluding ortho intramolecular Hbond substituents is 2. The topological polar surface area (TPSA) is 389 Å². The Labute approximate surface area is 413 Å². The van der Waals surface area contributed by atoms with Crippen molar-refractivity contribution in [1.82, 2.24) is 15.0 Å². The molecule has 0 atom stereocenters. The van der Waals surface area contributed by atoms with E-state index in [1.807, 2.05) is 0 Å². The SMILES string of the molecule is COc1ccc(S(=O)(=O)O)cc1N=Nc1c(S(=O)(=O)O)cc2cc(-c3nc(Nc4ccccc4)nc(Nc4cc(C)c(N=Nc5cc(S(=O)(=O)O)cc6c(S(=O)(=O)O)ccc(O)c56)cc4OC)n3)ccc2c1O. The van der Waals surface area contributed by atoms with Crippen LogP contribution in [0.3, 0.4) is 0 Å². The number of nitrogens with one attached hydrogen (secondary N) is 2. The quantitative estimate of drug-likeness (QED) is 0.0351. The summed E-state index contributed by atoms with van der Waals surface area (Å²) in [6.07, 6.45) is 0. The van der Waals surface area contributed by atoms with Crippen LogP contribution in [-0.2, 0) is 40.5 Å². The second-order valence-electron chi connectivity index (χ2n) is 15.4. The van der Waals surface area contributed by atoms with Crippen molar-refractivity contribution in [2.45, 2.75) is 26.5 Å². The number of aryl methyl sites for hydroxylation is 1. The van der Waals surface area contributed by atoms with E-state index >= 15 is 0 Å². The molecule has 0 spiro atoms. The molecule has 0 bridgehead atoms. The third-order valence-electron chi connectivity index (χ3n) is 10.6. The standard InChI is InChI=1S/C44H35N9O16S4/c1-22-15-31(36(69-3)21-30(22)50-52-33-20-27(71(59,60)61)18-29-37(72(62,63)64)14-12-34(54)39(29)33)46-44-48-42(47-43(49-44)45-25-7-5-4-6-8-25)23-9-11-28-24(16-23)17-38(73(65,66)67)40(41(28)55)53-51-32-19-26(70(56,57)58)10-13-35(32)68-2/h4-21,54-55H,1-3H3,(H,56,57,58)(H,59,60,61)(H,62,63,64)(H,65,66,67)(H2,45,46,47,48,49). The average molecular weight is 1070 g/mol. The molecule has 0 fully saturated rings. The van der Waals surface area contributed by atoms with E-state index in [1.165, 1.54) is 38.5 Å². The van der Waals surface area contributed by atoms with Gasteiger partial charge in [0.05, 0.1) is 46.5 Å². The predicted molar refractivity (Wildman–Crippen MR) is 261 cm³/mol. The van der Waals surface area contributed by atoms with E-state index in [0.29, 0.717) is 11.3 Å². The number of azo groups is 2. The smallest absolute Gasteiger partial charge is 0.296 e. The Hall–Kier alpha value is -8.29. The van der Waals surface area contributed by atoms with Gasteiger partial charge in [-0.25, -0.2) is 0 Å². The molecule has 0 radical (unpaired) electrons. The van der Waals surface area contributed by atoms with Gasteiger partial charge in [-0.3, -0.25) is 18.2 Å². The lowest BCUT2D eigenvalue weighted by molar-refractivity contribution is 0.415. The number of aromatic hydroxyl groups is 2. The summed E-state index contributed by atoms with van der Waals surface area (Å²) in [5.74, 6) is -1.34. The van der Waals surface area contributed by atoms with Crippen molar-refractivity contribution >= 4 is 108 Å². The monoisotopic (exact) mass is 1070 g/mol. The Balaban J connectivity index is 1.19. The highest BCUT2D eigenvalue weighted by atomic mass is 32.2. The van der Waals surface area contributed by atoms with Gasteiger partial charge in [-0.2, -0.15) is 53.7 Å². The second-order valence-corrected chi connectivity index (χ2v) is 21.0. The number of methoxy groups -OCH3 is 2. The summed E-state index contributed by atoms with van der Waals surface area (Å²) in [6, 6.07) is 23.4. The number of ether oxygens (including phenoxy) is 2. The van der Waals surface area contributed by atoms with Crippen LogP contribution in [0.4, 0.5) is 46.0 Å². The van der Waals surface area contributed by atoms with Crippen molar-refractivity contribution in [1.29, 1.82) is 0 Å². The van der Waals surface area contributed by atoms with E-state index in [9.17, 15) is 62.1 Å². The highest BCUT2D eigenvalue weighted by Gasteiger charge is 2.25. The van der Waals surface area contributed by atoms with E-state index in [4.69, 9.17) is 9.47 Å².